The standard InChI is InChI=1S/C19H16F2N2O2S/c20-14-3-6-16(17(21)11-14)19-22-18(12-25-19)13-1-4-15(5-2-13)23-7-9-26(24)10-8-23/h1-6,11-12H,7-10H2. The van der Waals surface area contributed by atoms with Crippen LogP contribution in [0.25, 0.3) is 22.7 Å². The second kappa shape index (κ2) is 6.99. The first-order valence-electron chi connectivity index (χ1n) is 8.21. The second-order valence-electron chi connectivity index (χ2n) is 6.04. The van der Waals surface area contributed by atoms with Crippen LogP contribution in [0, 0.1) is 11.6 Å². The Labute approximate surface area is 151 Å². The molecule has 3 aromatic rings. The molecule has 4 rings (SSSR count). The lowest BCUT2D eigenvalue weighted by molar-refractivity contribution is 0.554. The predicted molar refractivity (Wildman–Crippen MR) is 97.4 cm³/mol. The number of hydrogen-bond acceptors (Lipinski definition) is 4. The molecule has 1 aromatic heterocycles. The van der Waals surface area contributed by atoms with Gasteiger partial charge in [0.25, 0.3) is 0 Å². The maximum atomic E-state index is 13.9. The van der Waals surface area contributed by atoms with Crippen molar-refractivity contribution in [3.8, 4) is 22.7 Å². The molecule has 0 radical (unpaired) electrons. The summed E-state index contributed by atoms with van der Waals surface area (Å²) < 4.78 is 43.7. The molecular formula is C19H16F2N2O2S. The first-order chi connectivity index (χ1) is 12.6. The third kappa shape index (κ3) is 3.39. The van der Waals surface area contributed by atoms with E-state index in [2.05, 4.69) is 9.88 Å². The van der Waals surface area contributed by atoms with Gasteiger partial charge in [0.15, 0.2) is 0 Å². The van der Waals surface area contributed by atoms with Crippen molar-refractivity contribution in [3.05, 3.63) is 60.4 Å². The fraction of sp³-hybridized carbons (Fsp3) is 0.211. The fourth-order valence-corrected chi connectivity index (χ4v) is 3.98. The van der Waals surface area contributed by atoms with Crippen molar-refractivity contribution >= 4 is 16.5 Å². The molecule has 7 heteroatoms. The van der Waals surface area contributed by atoms with Crippen molar-refractivity contribution in [2.45, 2.75) is 0 Å². The molecule has 0 aliphatic carbocycles. The largest absolute Gasteiger partial charge is 0.444 e. The Balaban J connectivity index is 1.55. The van der Waals surface area contributed by atoms with E-state index < -0.39 is 22.4 Å². The quantitative estimate of drug-likeness (QED) is 0.699. The first kappa shape index (κ1) is 16.9. The molecule has 0 saturated carbocycles. The van der Waals surface area contributed by atoms with Gasteiger partial charge in [-0.15, -0.1) is 0 Å². The predicted octanol–water partition coefficient (Wildman–Crippen LogP) is 3.86. The van der Waals surface area contributed by atoms with Crippen LogP contribution in [0.4, 0.5) is 14.5 Å². The smallest absolute Gasteiger partial charge is 0.229 e. The number of aromatic nitrogens is 1. The van der Waals surface area contributed by atoms with Crippen LogP contribution in [0.5, 0.6) is 0 Å². The minimum atomic E-state index is -0.712. The average Bonchev–Trinajstić information content (AvgIpc) is 3.12. The van der Waals surface area contributed by atoms with Gasteiger partial charge >= 0.3 is 0 Å². The summed E-state index contributed by atoms with van der Waals surface area (Å²) in [6, 6.07) is 11.1. The van der Waals surface area contributed by atoms with E-state index in [1.54, 1.807) is 0 Å². The molecule has 0 bridgehead atoms. The zero-order valence-corrected chi connectivity index (χ0v) is 14.6. The third-order valence-electron chi connectivity index (χ3n) is 4.37. The van der Waals surface area contributed by atoms with Crippen molar-refractivity contribution in [3.63, 3.8) is 0 Å². The Bertz CT molecular complexity index is 946. The summed E-state index contributed by atoms with van der Waals surface area (Å²) in [6.07, 6.45) is 1.46. The van der Waals surface area contributed by atoms with E-state index in [1.165, 1.54) is 18.4 Å². The SMILES string of the molecule is O=S1CCN(c2ccc(-c3coc(-c4ccc(F)cc4F)n3)cc2)CC1. The molecule has 1 aliphatic heterocycles. The maximum Gasteiger partial charge on any atom is 0.229 e. The van der Waals surface area contributed by atoms with Crippen LogP contribution in [-0.2, 0) is 10.8 Å². The highest BCUT2D eigenvalue weighted by molar-refractivity contribution is 7.85. The van der Waals surface area contributed by atoms with Gasteiger partial charge in [0, 0.05) is 52.7 Å². The minimum Gasteiger partial charge on any atom is -0.444 e. The van der Waals surface area contributed by atoms with Crippen LogP contribution in [0.3, 0.4) is 0 Å². The molecule has 134 valence electrons. The van der Waals surface area contributed by atoms with Gasteiger partial charge in [-0.05, 0) is 24.3 Å². The molecule has 1 aliphatic rings. The molecule has 0 amide bonds. The van der Waals surface area contributed by atoms with Gasteiger partial charge in [0.2, 0.25) is 5.89 Å². The summed E-state index contributed by atoms with van der Waals surface area (Å²) in [6.45, 7) is 1.56. The van der Waals surface area contributed by atoms with Gasteiger partial charge in [-0.25, -0.2) is 13.8 Å². The molecule has 2 heterocycles. The monoisotopic (exact) mass is 374 g/mol. The lowest BCUT2D eigenvalue weighted by Gasteiger charge is -2.28. The van der Waals surface area contributed by atoms with Crippen molar-refractivity contribution in [2.75, 3.05) is 29.5 Å². The molecule has 0 unspecified atom stereocenters. The van der Waals surface area contributed by atoms with E-state index in [0.717, 1.165) is 30.4 Å². The minimum absolute atomic E-state index is 0.111. The van der Waals surface area contributed by atoms with Crippen molar-refractivity contribution in [1.29, 1.82) is 0 Å². The summed E-state index contributed by atoms with van der Waals surface area (Å²) >= 11 is 0. The lowest BCUT2D eigenvalue weighted by atomic mass is 10.1. The topological polar surface area (TPSA) is 46.3 Å². The molecular weight excluding hydrogens is 358 g/mol. The van der Waals surface area contributed by atoms with Crippen LogP contribution < -0.4 is 4.90 Å². The highest BCUT2D eigenvalue weighted by Gasteiger charge is 2.16. The zero-order valence-electron chi connectivity index (χ0n) is 13.8. The molecule has 26 heavy (non-hydrogen) atoms. The van der Waals surface area contributed by atoms with Crippen molar-refractivity contribution in [2.24, 2.45) is 0 Å². The van der Waals surface area contributed by atoms with Crippen LogP contribution in [-0.4, -0.2) is 33.8 Å². The van der Waals surface area contributed by atoms with Gasteiger partial charge in [0.1, 0.15) is 23.6 Å². The summed E-state index contributed by atoms with van der Waals surface area (Å²) in [5.41, 5.74) is 2.61. The Morgan fingerprint density at radius 3 is 2.46 bits per heavy atom. The van der Waals surface area contributed by atoms with Gasteiger partial charge in [-0.2, -0.15) is 0 Å². The van der Waals surface area contributed by atoms with Crippen molar-refractivity contribution < 1.29 is 17.4 Å². The second-order valence-corrected chi connectivity index (χ2v) is 7.74. The highest BCUT2D eigenvalue weighted by atomic mass is 32.2. The summed E-state index contributed by atoms with van der Waals surface area (Å²) in [5, 5.41) is 0. The van der Waals surface area contributed by atoms with Gasteiger partial charge in [0.05, 0.1) is 5.56 Å². The van der Waals surface area contributed by atoms with Crippen LogP contribution in [0.1, 0.15) is 0 Å². The molecule has 0 spiro atoms. The maximum absolute atomic E-state index is 13.9. The molecule has 1 saturated heterocycles. The van der Waals surface area contributed by atoms with Crippen LogP contribution in [0.2, 0.25) is 0 Å². The lowest BCUT2D eigenvalue weighted by Crippen LogP contribution is -2.37. The summed E-state index contributed by atoms with van der Waals surface area (Å²) in [7, 11) is -0.706. The van der Waals surface area contributed by atoms with Gasteiger partial charge < -0.3 is 9.32 Å². The molecule has 4 nitrogen and oxygen atoms in total. The zero-order chi connectivity index (χ0) is 18.1. The number of hydrogen-bond donors (Lipinski definition) is 0. The highest BCUT2D eigenvalue weighted by Crippen LogP contribution is 2.28. The number of nitrogens with zero attached hydrogens (tertiary/aromatic N) is 2. The number of halogens is 2. The Hall–Kier alpha value is -2.54. The first-order valence-corrected chi connectivity index (χ1v) is 9.70. The van der Waals surface area contributed by atoms with E-state index in [9.17, 15) is 13.0 Å². The number of oxazole rings is 1. The molecule has 0 N–H and O–H groups in total. The van der Waals surface area contributed by atoms with E-state index >= 15 is 0 Å². The number of rotatable bonds is 3. The van der Waals surface area contributed by atoms with Gasteiger partial charge in [-0.3, -0.25) is 4.21 Å². The molecule has 1 fully saturated rings. The van der Waals surface area contributed by atoms with E-state index in [0.29, 0.717) is 17.2 Å². The van der Waals surface area contributed by atoms with Crippen molar-refractivity contribution in [1.82, 2.24) is 4.98 Å². The Morgan fingerprint density at radius 1 is 1.04 bits per heavy atom. The van der Waals surface area contributed by atoms with Crippen LogP contribution >= 0.6 is 0 Å². The molecule has 2 aromatic carbocycles. The fourth-order valence-electron chi connectivity index (χ4n) is 2.93. The summed E-state index contributed by atoms with van der Waals surface area (Å²) in [5.74, 6) is 0.140. The van der Waals surface area contributed by atoms with Crippen LogP contribution in [0.15, 0.2) is 53.1 Å². The Morgan fingerprint density at radius 2 is 1.77 bits per heavy atom. The Kier molecular flexibility index (Phi) is 4.55. The van der Waals surface area contributed by atoms with Gasteiger partial charge in [-0.1, -0.05) is 12.1 Å². The average molecular weight is 374 g/mol. The number of benzene rings is 2. The van der Waals surface area contributed by atoms with E-state index in [4.69, 9.17) is 4.42 Å². The van der Waals surface area contributed by atoms with E-state index in [-0.39, 0.29) is 11.5 Å². The van der Waals surface area contributed by atoms with E-state index in [1.807, 2.05) is 24.3 Å². The molecule has 0 atom stereocenters. The number of anilines is 1. The third-order valence-corrected chi connectivity index (χ3v) is 5.65. The normalized spacial score (nSPS) is 15.4. The summed E-state index contributed by atoms with van der Waals surface area (Å²) in [4.78, 5) is 6.51.